The number of rotatable bonds is 2. The average Bonchev–Trinajstić information content (AvgIpc) is 2.42. The van der Waals surface area contributed by atoms with Crippen molar-refractivity contribution in [2.75, 3.05) is 5.32 Å². The lowest BCUT2D eigenvalue weighted by atomic mass is 10.1. The van der Waals surface area contributed by atoms with Gasteiger partial charge in [-0.2, -0.15) is 5.26 Å². The SMILES string of the molecule is Cc1ccc(Cl)cc1NC(=O)c1ccc(C#N)cc1F. The minimum atomic E-state index is -0.735. The van der Waals surface area contributed by atoms with Gasteiger partial charge in [-0.15, -0.1) is 0 Å². The highest BCUT2D eigenvalue weighted by Gasteiger charge is 2.13. The van der Waals surface area contributed by atoms with Gasteiger partial charge in [0.25, 0.3) is 5.91 Å². The van der Waals surface area contributed by atoms with Crippen LogP contribution in [0.15, 0.2) is 36.4 Å². The van der Waals surface area contributed by atoms with Crippen molar-refractivity contribution < 1.29 is 9.18 Å². The molecule has 0 atom stereocenters. The van der Waals surface area contributed by atoms with Gasteiger partial charge in [-0.3, -0.25) is 4.79 Å². The maximum Gasteiger partial charge on any atom is 0.258 e. The molecule has 2 aromatic carbocycles. The molecule has 0 fully saturated rings. The third kappa shape index (κ3) is 2.95. The van der Waals surface area contributed by atoms with E-state index in [1.807, 2.05) is 6.07 Å². The zero-order chi connectivity index (χ0) is 14.7. The Kier molecular flexibility index (Phi) is 4.02. The lowest BCUT2D eigenvalue weighted by Crippen LogP contribution is -2.14. The lowest BCUT2D eigenvalue weighted by molar-refractivity contribution is 0.102. The number of hydrogen-bond donors (Lipinski definition) is 1. The number of carbonyl (C=O) groups is 1. The highest BCUT2D eigenvalue weighted by molar-refractivity contribution is 6.31. The van der Waals surface area contributed by atoms with E-state index in [1.165, 1.54) is 12.1 Å². The summed E-state index contributed by atoms with van der Waals surface area (Å²) in [6.07, 6.45) is 0. The fourth-order valence-corrected chi connectivity index (χ4v) is 1.86. The van der Waals surface area contributed by atoms with Crippen molar-refractivity contribution in [1.29, 1.82) is 5.26 Å². The molecule has 2 rings (SSSR count). The van der Waals surface area contributed by atoms with Crippen LogP contribution in [0.3, 0.4) is 0 Å². The van der Waals surface area contributed by atoms with Crippen molar-refractivity contribution in [3.05, 3.63) is 63.9 Å². The van der Waals surface area contributed by atoms with Gasteiger partial charge in [0.2, 0.25) is 0 Å². The number of nitrogens with one attached hydrogen (secondary N) is 1. The molecule has 0 bridgehead atoms. The van der Waals surface area contributed by atoms with Gasteiger partial charge < -0.3 is 5.32 Å². The fraction of sp³-hybridized carbons (Fsp3) is 0.0667. The number of amides is 1. The molecule has 0 aliphatic rings. The molecule has 1 amide bonds. The van der Waals surface area contributed by atoms with Crippen LogP contribution < -0.4 is 5.32 Å². The molecular weight excluding hydrogens is 279 g/mol. The minimum absolute atomic E-state index is 0.122. The molecule has 2 aromatic rings. The molecule has 0 heterocycles. The van der Waals surface area contributed by atoms with Crippen LogP contribution in [0.5, 0.6) is 0 Å². The van der Waals surface area contributed by atoms with Gasteiger partial charge in [-0.1, -0.05) is 17.7 Å². The van der Waals surface area contributed by atoms with Gasteiger partial charge in [0.15, 0.2) is 0 Å². The second-order valence-electron chi connectivity index (χ2n) is 4.22. The van der Waals surface area contributed by atoms with Gasteiger partial charge in [0.05, 0.1) is 17.2 Å². The maximum atomic E-state index is 13.7. The molecule has 20 heavy (non-hydrogen) atoms. The number of nitriles is 1. The Hall–Kier alpha value is -2.38. The van der Waals surface area contributed by atoms with Crippen LogP contribution in [0.4, 0.5) is 10.1 Å². The van der Waals surface area contributed by atoms with E-state index in [2.05, 4.69) is 5.32 Å². The van der Waals surface area contributed by atoms with Crippen LogP contribution in [0.1, 0.15) is 21.5 Å². The molecule has 0 aliphatic carbocycles. The number of hydrogen-bond acceptors (Lipinski definition) is 2. The number of halogens is 2. The first-order valence-electron chi connectivity index (χ1n) is 5.78. The van der Waals surface area contributed by atoms with E-state index < -0.39 is 11.7 Å². The van der Waals surface area contributed by atoms with Gasteiger partial charge >= 0.3 is 0 Å². The summed E-state index contributed by atoms with van der Waals surface area (Å²) in [6.45, 7) is 1.81. The van der Waals surface area contributed by atoms with E-state index in [-0.39, 0.29) is 11.1 Å². The van der Waals surface area contributed by atoms with E-state index in [4.69, 9.17) is 16.9 Å². The average molecular weight is 289 g/mol. The monoisotopic (exact) mass is 288 g/mol. The predicted molar refractivity (Wildman–Crippen MR) is 75.3 cm³/mol. The van der Waals surface area contributed by atoms with E-state index in [0.717, 1.165) is 11.6 Å². The highest BCUT2D eigenvalue weighted by atomic mass is 35.5. The van der Waals surface area contributed by atoms with Crippen molar-refractivity contribution in [3.63, 3.8) is 0 Å². The fourth-order valence-electron chi connectivity index (χ4n) is 1.69. The molecule has 0 saturated heterocycles. The van der Waals surface area contributed by atoms with Crippen molar-refractivity contribution in [2.24, 2.45) is 0 Å². The molecule has 0 aromatic heterocycles. The third-order valence-electron chi connectivity index (χ3n) is 2.79. The zero-order valence-corrected chi connectivity index (χ0v) is 11.3. The third-order valence-corrected chi connectivity index (χ3v) is 3.03. The number of nitrogens with zero attached hydrogens (tertiary/aromatic N) is 1. The number of benzene rings is 2. The first-order valence-corrected chi connectivity index (χ1v) is 6.16. The van der Waals surface area contributed by atoms with Gasteiger partial charge in [-0.05, 0) is 42.8 Å². The molecule has 1 N–H and O–H groups in total. The molecule has 5 heteroatoms. The van der Waals surface area contributed by atoms with Crippen LogP contribution in [0, 0.1) is 24.1 Å². The standard InChI is InChI=1S/C15H10ClFN2O/c1-9-2-4-11(16)7-14(9)19-15(20)12-5-3-10(8-18)6-13(12)17/h2-7H,1H3,(H,19,20). The smallest absolute Gasteiger partial charge is 0.258 e. The molecule has 100 valence electrons. The second kappa shape index (κ2) is 5.72. The van der Waals surface area contributed by atoms with Crippen molar-refractivity contribution >= 4 is 23.2 Å². The number of aryl methyl sites for hydroxylation is 1. The summed E-state index contributed by atoms with van der Waals surface area (Å²) < 4.78 is 13.7. The Bertz CT molecular complexity index is 722. The van der Waals surface area contributed by atoms with Crippen LogP contribution in [0.25, 0.3) is 0 Å². The van der Waals surface area contributed by atoms with Gasteiger partial charge in [0.1, 0.15) is 5.82 Å². The Morgan fingerprint density at radius 3 is 2.70 bits per heavy atom. The van der Waals surface area contributed by atoms with E-state index in [9.17, 15) is 9.18 Å². The number of anilines is 1. The van der Waals surface area contributed by atoms with Crippen LogP contribution in [0.2, 0.25) is 5.02 Å². The summed E-state index contributed by atoms with van der Waals surface area (Å²) in [5.41, 5.74) is 1.38. The van der Waals surface area contributed by atoms with E-state index >= 15 is 0 Å². The first kappa shape index (κ1) is 14.0. The lowest BCUT2D eigenvalue weighted by Gasteiger charge is -2.09. The normalized spacial score (nSPS) is 9.90. The van der Waals surface area contributed by atoms with E-state index in [1.54, 1.807) is 25.1 Å². The summed E-state index contributed by atoms with van der Waals surface area (Å²) >= 11 is 5.86. The van der Waals surface area contributed by atoms with Crippen LogP contribution in [-0.2, 0) is 0 Å². The molecule has 3 nitrogen and oxygen atoms in total. The van der Waals surface area contributed by atoms with Gasteiger partial charge in [-0.25, -0.2) is 4.39 Å². The molecule has 0 radical (unpaired) electrons. The van der Waals surface area contributed by atoms with Crippen molar-refractivity contribution in [2.45, 2.75) is 6.92 Å². The summed E-state index contributed by atoms with van der Waals surface area (Å²) in [5.74, 6) is -1.32. The Labute approximate surface area is 120 Å². The predicted octanol–water partition coefficient (Wildman–Crippen LogP) is 3.91. The maximum absolute atomic E-state index is 13.7. The Morgan fingerprint density at radius 1 is 1.30 bits per heavy atom. The Balaban J connectivity index is 2.29. The highest BCUT2D eigenvalue weighted by Crippen LogP contribution is 2.21. The quantitative estimate of drug-likeness (QED) is 0.911. The molecule has 0 aliphatic heterocycles. The van der Waals surface area contributed by atoms with Crippen molar-refractivity contribution in [1.82, 2.24) is 0 Å². The summed E-state index contributed by atoms with van der Waals surface area (Å²) in [4.78, 5) is 12.0. The topological polar surface area (TPSA) is 52.9 Å². The van der Waals surface area contributed by atoms with Crippen molar-refractivity contribution in [3.8, 4) is 6.07 Å². The molecule has 0 saturated carbocycles. The number of carbonyl (C=O) groups excluding carboxylic acids is 1. The Morgan fingerprint density at radius 2 is 2.05 bits per heavy atom. The molecular formula is C15H10ClFN2O. The first-order chi connectivity index (χ1) is 9.51. The zero-order valence-electron chi connectivity index (χ0n) is 10.6. The summed E-state index contributed by atoms with van der Waals surface area (Å²) in [7, 11) is 0. The van der Waals surface area contributed by atoms with Gasteiger partial charge in [0, 0.05) is 10.7 Å². The molecule has 0 spiro atoms. The summed E-state index contributed by atoms with van der Waals surface area (Å²) in [5, 5.41) is 11.7. The van der Waals surface area contributed by atoms with E-state index in [0.29, 0.717) is 10.7 Å². The second-order valence-corrected chi connectivity index (χ2v) is 4.66. The van der Waals surface area contributed by atoms with Crippen LogP contribution in [-0.4, -0.2) is 5.91 Å². The molecule has 0 unspecified atom stereocenters. The largest absolute Gasteiger partial charge is 0.322 e. The minimum Gasteiger partial charge on any atom is -0.322 e. The summed E-state index contributed by atoms with van der Waals surface area (Å²) in [6, 6.07) is 10.6. The van der Waals surface area contributed by atoms with Crippen LogP contribution >= 0.6 is 11.6 Å².